The second-order valence-electron chi connectivity index (χ2n) is 7.15. The number of fused-ring (bicyclic) bond motifs is 1. The predicted molar refractivity (Wildman–Crippen MR) is 125 cm³/mol. The first-order valence-corrected chi connectivity index (χ1v) is 10.9. The molecule has 4 aromatic rings. The van der Waals surface area contributed by atoms with Crippen LogP contribution >= 0.6 is 11.8 Å². The number of hydrogen-bond acceptors (Lipinski definition) is 6. The molecule has 2 aromatic heterocycles. The Hall–Kier alpha value is -3.72. The van der Waals surface area contributed by atoms with Gasteiger partial charge < -0.3 is 10.6 Å². The van der Waals surface area contributed by atoms with Crippen LogP contribution in [0.2, 0.25) is 0 Å². The van der Waals surface area contributed by atoms with Crippen LogP contribution in [0.4, 0.5) is 16.2 Å². The first-order valence-electron chi connectivity index (χ1n) is 10.1. The molecule has 9 heteroatoms. The third-order valence-corrected chi connectivity index (χ3v) is 6.01. The van der Waals surface area contributed by atoms with E-state index < -0.39 is 0 Å². The Labute approximate surface area is 189 Å². The van der Waals surface area contributed by atoms with Crippen LogP contribution in [0, 0.1) is 6.92 Å². The molecule has 2 N–H and O–H groups in total. The smallest absolute Gasteiger partial charge is 0.308 e. The van der Waals surface area contributed by atoms with Crippen LogP contribution in [-0.2, 0) is 6.42 Å². The predicted octanol–water partition coefficient (Wildman–Crippen LogP) is 4.99. The van der Waals surface area contributed by atoms with Gasteiger partial charge in [0.15, 0.2) is 5.78 Å². The summed E-state index contributed by atoms with van der Waals surface area (Å²) >= 11 is 1.58. The fourth-order valence-electron chi connectivity index (χ4n) is 3.29. The molecule has 2 aromatic carbocycles. The SMILES string of the molecule is CCc1c(C)nc2ncnn2c1Sc1ccc(NC(=O)Nc2cccc(C(C)=O)c2)cc1. The molecule has 8 nitrogen and oxygen atoms in total. The van der Waals surface area contributed by atoms with Crippen LogP contribution in [0.3, 0.4) is 0 Å². The third-order valence-electron chi connectivity index (χ3n) is 4.89. The standard InChI is InChI=1S/C23H22N6O2S/c1-4-20-14(2)26-22-24-13-25-29(22)21(20)32-19-10-8-17(9-11-19)27-23(31)28-18-7-5-6-16(12-18)15(3)30/h5-13H,4H2,1-3H3,(H2,27,28,31). The number of anilines is 2. The first-order chi connectivity index (χ1) is 15.4. The third kappa shape index (κ3) is 4.62. The van der Waals surface area contributed by atoms with Gasteiger partial charge in [0, 0.05) is 33.1 Å². The van der Waals surface area contributed by atoms with Crippen molar-refractivity contribution in [2.45, 2.75) is 37.1 Å². The second kappa shape index (κ2) is 9.19. The summed E-state index contributed by atoms with van der Waals surface area (Å²) in [5.74, 6) is 0.520. The Morgan fingerprint density at radius 2 is 1.81 bits per heavy atom. The Kier molecular flexibility index (Phi) is 6.18. The minimum atomic E-state index is -0.381. The van der Waals surface area contributed by atoms with Gasteiger partial charge in [0.05, 0.1) is 0 Å². The van der Waals surface area contributed by atoms with Crippen molar-refractivity contribution in [3.63, 3.8) is 0 Å². The topological polar surface area (TPSA) is 101 Å². The normalized spacial score (nSPS) is 10.8. The second-order valence-corrected chi connectivity index (χ2v) is 8.21. The van der Waals surface area contributed by atoms with Crippen LogP contribution in [0.15, 0.2) is 64.8 Å². The van der Waals surface area contributed by atoms with E-state index in [0.29, 0.717) is 22.7 Å². The Bertz CT molecular complexity index is 1300. The molecule has 0 saturated carbocycles. The molecule has 0 saturated heterocycles. The highest BCUT2D eigenvalue weighted by molar-refractivity contribution is 7.99. The van der Waals surface area contributed by atoms with Crippen molar-refractivity contribution in [2.24, 2.45) is 0 Å². The molecule has 0 fully saturated rings. The molecule has 162 valence electrons. The highest BCUT2D eigenvalue weighted by Crippen LogP contribution is 2.32. The van der Waals surface area contributed by atoms with Crippen molar-refractivity contribution in [1.82, 2.24) is 19.6 Å². The van der Waals surface area contributed by atoms with Gasteiger partial charge in [-0.15, -0.1) is 0 Å². The number of carbonyl (C=O) groups is 2. The van der Waals surface area contributed by atoms with Gasteiger partial charge in [-0.2, -0.15) is 14.6 Å². The van der Waals surface area contributed by atoms with E-state index in [0.717, 1.165) is 27.6 Å². The number of hydrogen-bond donors (Lipinski definition) is 2. The minimum Gasteiger partial charge on any atom is -0.308 e. The van der Waals surface area contributed by atoms with Crippen LogP contribution in [0.1, 0.15) is 35.5 Å². The zero-order valence-corrected chi connectivity index (χ0v) is 18.7. The lowest BCUT2D eigenvalue weighted by Gasteiger charge is -2.12. The average molecular weight is 447 g/mol. The highest BCUT2D eigenvalue weighted by Gasteiger charge is 2.14. The van der Waals surface area contributed by atoms with Gasteiger partial charge in [-0.3, -0.25) is 4.79 Å². The molecule has 0 aliphatic carbocycles. The summed E-state index contributed by atoms with van der Waals surface area (Å²) in [5.41, 5.74) is 3.83. The van der Waals surface area contributed by atoms with E-state index in [2.05, 4.69) is 32.6 Å². The van der Waals surface area contributed by atoms with Crippen molar-refractivity contribution in [2.75, 3.05) is 10.6 Å². The van der Waals surface area contributed by atoms with Gasteiger partial charge >= 0.3 is 6.03 Å². The summed E-state index contributed by atoms with van der Waals surface area (Å²) in [6, 6.07) is 14.0. The Morgan fingerprint density at radius 1 is 1.06 bits per heavy atom. The molecule has 0 unspecified atom stereocenters. The largest absolute Gasteiger partial charge is 0.323 e. The monoisotopic (exact) mass is 446 g/mol. The van der Waals surface area contributed by atoms with Gasteiger partial charge in [0.25, 0.3) is 5.78 Å². The molecule has 0 bridgehead atoms. The molecule has 32 heavy (non-hydrogen) atoms. The summed E-state index contributed by atoms with van der Waals surface area (Å²) in [7, 11) is 0. The molecular formula is C23H22N6O2S. The van der Waals surface area contributed by atoms with E-state index in [1.807, 2.05) is 31.2 Å². The van der Waals surface area contributed by atoms with Crippen molar-refractivity contribution >= 4 is 40.7 Å². The molecule has 0 aliphatic rings. The van der Waals surface area contributed by atoms with E-state index in [9.17, 15) is 9.59 Å². The summed E-state index contributed by atoms with van der Waals surface area (Å²) in [5, 5.41) is 10.8. The number of urea groups is 1. The van der Waals surface area contributed by atoms with Crippen LogP contribution in [0.25, 0.3) is 5.78 Å². The number of rotatable bonds is 6. The number of benzene rings is 2. The number of nitrogens with one attached hydrogen (secondary N) is 2. The summed E-state index contributed by atoms with van der Waals surface area (Å²) < 4.78 is 1.76. The number of Topliss-reactive ketones (excluding diaryl/α,β-unsaturated/α-hetero) is 1. The number of nitrogens with zero attached hydrogens (tertiary/aromatic N) is 4. The maximum Gasteiger partial charge on any atom is 0.323 e. The Balaban J connectivity index is 1.47. The quantitative estimate of drug-likeness (QED) is 0.319. The van der Waals surface area contributed by atoms with Crippen molar-refractivity contribution in [3.05, 3.63) is 71.7 Å². The van der Waals surface area contributed by atoms with Crippen LogP contribution < -0.4 is 10.6 Å². The van der Waals surface area contributed by atoms with Crippen molar-refractivity contribution in [3.8, 4) is 0 Å². The molecule has 0 spiro atoms. The van der Waals surface area contributed by atoms with Gasteiger partial charge in [0.2, 0.25) is 0 Å². The average Bonchev–Trinajstić information content (AvgIpc) is 3.23. The fraction of sp³-hybridized carbons (Fsp3) is 0.174. The number of carbonyl (C=O) groups excluding carboxylic acids is 2. The van der Waals surface area contributed by atoms with Gasteiger partial charge in [-0.1, -0.05) is 30.8 Å². The maximum absolute atomic E-state index is 12.3. The van der Waals surface area contributed by atoms with Crippen molar-refractivity contribution < 1.29 is 9.59 Å². The lowest BCUT2D eigenvalue weighted by molar-refractivity contribution is 0.101. The summed E-state index contributed by atoms with van der Waals surface area (Å²) in [6.45, 7) is 5.56. The number of amides is 2. The zero-order valence-electron chi connectivity index (χ0n) is 17.9. The van der Waals surface area contributed by atoms with E-state index >= 15 is 0 Å². The maximum atomic E-state index is 12.3. The summed E-state index contributed by atoms with van der Waals surface area (Å²) in [6.07, 6.45) is 2.34. The van der Waals surface area contributed by atoms with E-state index in [1.165, 1.54) is 13.3 Å². The highest BCUT2D eigenvalue weighted by atomic mass is 32.2. The molecule has 0 radical (unpaired) electrons. The summed E-state index contributed by atoms with van der Waals surface area (Å²) in [4.78, 5) is 33.6. The van der Waals surface area contributed by atoms with E-state index in [1.54, 1.807) is 40.5 Å². The molecule has 2 heterocycles. The number of ketones is 1. The Morgan fingerprint density at radius 3 is 2.53 bits per heavy atom. The van der Waals surface area contributed by atoms with Crippen LogP contribution in [0.5, 0.6) is 0 Å². The van der Waals surface area contributed by atoms with Crippen LogP contribution in [-0.4, -0.2) is 31.4 Å². The van der Waals surface area contributed by atoms with Crippen molar-refractivity contribution in [1.29, 1.82) is 0 Å². The molecule has 4 rings (SSSR count). The zero-order chi connectivity index (χ0) is 22.7. The molecule has 0 atom stereocenters. The minimum absolute atomic E-state index is 0.0547. The molecular weight excluding hydrogens is 424 g/mol. The van der Waals surface area contributed by atoms with Gasteiger partial charge in [0.1, 0.15) is 11.4 Å². The van der Waals surface area contributed by atoms with Gasteiger partial charge in [-0.05, 0) is 56.7 Å². The van der Waals surface area contributed by atoms with E-state index in [4.69, 9.17) is 0 Å². The first kappa shape index (κ1) is 21.5. The lowest BCUT2D eigenvalue weighted by atomic mass is 10.1. The van der Waals surface area contributed by atoms with Gasteiger partial charge in [-0.25, -0.2) is 9.78 Å². The fourth-order valence-corrected chi connectivity index (χ4v) is 4.42. The molecule has 2 amide bonds. The molecule has 0 aliphatic heterocycles. The number of aryl methyl sites for hydroxylation is 1. The lowest BCUT2D eigenvalue weighted by Crippen LogP contribution is -2.19. The van der Waals surface area contributed by atoms with E-state index in [-0.39, 0.29) is 11.8 Å². The number of aromatic nitrogens is 4.